The number of benzene rings is 3. The lowest BCUT2D eigenvalue weighted by Crippen LogP contribution is -2.18. The molecule has 0 unspecified atom stereocenters. The molecule has 7 heteroatoms. The summed E-state index contributed by atoms with van der Waals surface area (Å²) < 4.78 is 29.6. The Balaban J connectivity index is 1.65. The van der Waals surface area contributed by atoms with Crippen molar-refractivity contribution in [1.82, 2.24) is 3.97 Å². The van der Waals surface area contributed by atoms with Gasteiger partial charge in [-0.15, -0.1) is 0 Å². The van der Waals surface area contributed by atoms with Crippen molar-refractivity contribution in [2.45, 2.75) is 43.9 Å². The van der Waals surface area contributed by atoms with Gasteiger partial charge in [0.2, 0.25) is 0 Å². The standard InChI is InChI=1S/C29H30N2O4S/c1-20(2)23-6-5-7-27(19-23)36(34,35)31-26(16-21-8-10-22(11-9-21)29(32)33)18-24-17-25(12-13-28(24)31)30-14-3-4-15-30/h5-13,17-20H,3-4,14-16H2,1-2H3,(H,32,33). The minimum atomic E-state index is -3.87. The van der Waals surface area contributed by atoms with Gasteiger partial charge in [0.15, 0.2) is 0 Å². The minimum Gasteiger partial charge on any atom is -0.478 e. The molecular weight excluding hydrogens is 472 g/mol. The maximum atomic E-state index is 14.1. The van der Waals surface area contributed by atoms with Crippen molar-refractivity contribution in [1.29, 1.82) is 0 Å². The van der Waals surface area contributed by atoms with E-state index in [2.05, 4.69) is 11.0 Å². The average Bonchev–Trinajstić information content (AvgIpc) is 3.52. The van der Waals surface area contributed by atoms with Crippen LogP contribution in [0.25, 0.3) is 10.9 Å². The summed E-state index contributed by atoms with van der Waals surface area (Å²) in [6, 6.07) is 21.7. The van der Waals surface area contributed by atoms with Crippen LogP contribution in [-0.4, -0.2) is 36.6 Å². The van der Waals surface area contributed by atoms with Crippen LogP contribution in [0, 0.1) is 0 Å². The van der Waals surface area contributed by atoms with Crippen LogP contribution in [0.2, 0.25) is 0 Å². The predicted octanol–water partition coefficient (Wildman–Crippen LogP) is 5.89. The molecule has 6 nitrogen and oxygen atoms in total. The van der Waals surface area contributed by atoms with E-state index in [-0.39, 0.29) is 16.4 Å². The predicted molar refractivity (Wildman–Crippen MR) is 143 cm³/mol. The fraction of sp³-hybridized carbons (Fsp3) is 0.276. The van der Waals surface area contributed by atoms with Gasteiger partial charge in [0.1, 0.15) is 0 Å². The van der Waals surface area contributed by atoms with Crippen molar-refractivity contribution in [3.05, 3.63) is 95.2 Å². The van der Waals surface area contributed by atoms with Gasteiger partial charge in [0, 0.05) is 36.3 Å². The van der Waals surface area contributed by atoms with Crippen LogP contribution in [-0.2, 0) is 16.4 Å². The van der Waals surface area contributed by atoms with E-state index in [1.807, 2.05) is 38.1 Å². The lowest BCUT2D eigenvalue weighted by Gasteiger charge is -2.18. The lowest BCUT2D eigenvalue weighted by atomic mass is 10.0. The molecule has 3 aromatic carbocycles. The van der Waals surface area contributed by atoms with Gasteiger partial charge >= 0.3 is 5.97 Å². The van der Waals surface area contributed by atoms with Gasteiger partial charge in [0.25, 0.3) is 10.0 Å². The van der Waals surface area contributed by atoms with E-state index in [4.69, 9.17) is 0 Å². The van der Waals surface area contributed by atoms with E-state index < -0.39 is 16.0 Å². The van der Waals surface area contributed by atoms with Crippen molar-refractivity contribution < 1.29 is 18.3 Å². The normalized spacial score (nSPS) is 14.1. The number of aromatic nitrogens is 1. The number of anilines is 1. The first-order valence-electron chi connectivity index (χ1n) is 12.3. The minimum absolute atomic E-state index is 0.202. The average molecular weight is 503 g/mol. The quantitative estimate of drug-likeness (QED) is 0.341. The molecule has 1 aromatic heterocycles. The summed E-state index contributed by atoms with van der Waals surface area (Å²) in [7, 11) is -3.87. The first kappa shape index (κ1) is 24.1. The van der Waals surface area contributed by atoms with Crippen LogP contribution in [0.5, 0.6) is 0 Å². The Hall–Kier alpha value is -3.58. The second-order valence-corrected chi connectivity index (χ2v) is 11.5. The number of nitrogens with zero attached hydrogens (tertiary/aromatic N) is 2. The summed E-state index contributed by atoms with van der Waals surface area (Å²) in [6.45, 7) is 6.11. The molecule has 1 fully saturated rings. The fourth-order valence-corrected chi connectivity index (χ4v) is 6.53. The molecule has 0 radical (unpaired) electrons. The molecule has 1 aliphatic heterocycles. The number of hydrogen-bond donors (Lipinski definition) is 1. The van der Waals surface area contributed by atoms with E-state index in [1.165, 1.54) is 3.97 Å². The number of carbonyl (C=O) groups is 1. The molecule has 0 bridgehead atoms. The van der Waals surface area contributed by atoms with E-state index in [0.717, 1.165) is 48.1 Å². The van der Waals surface area contributed by atoms with Crippen LogP contribution < -0.4 is 4.90 Å². The van der Waals surface area contributed by atoms with Gasteiger partial charge in [-0.3, -0.25) is 0 Å². The molecule has 0 spiro atoms. The topological polar surface area (TPSA) is 79.6 Å². The van der Waals surface area contributed by atoms with Gasteiger partial charge in [-0.1, -0.05) is 38.1 Å². The van der Waals surface area contributed by atoms with E-state index >= 15 is 0 Å². The van der Waals surface area contributed by atoms with Crippen LogP contribution >= 0.6 is 0 Å². The largest absolute Gasteiger partial charge is 0.478 e. The van der Waals surface area contributed by atoms with Gasteiger partial charge in [0.05, 0.1) is 16.0 Å². The van der Waals surface area contributed by atoms with Crippen molar-refractivity contribution in [3.8, 4) is 0 Å². The monoisotopic (exact) mass is 502 g/mol. The summed E-state index contributed by atoms with van der Waals surface area (Å²) in [5.74, 6) is -0.783. The molecular formula is C29H30N2O4S. The second kappa shape index (κ2) is 9.47. The number of carboxylic acids is 1. The Morgan fingerprint density at radius 3 is 2.33 bits per heavy atom. The van der Waals surface area contributed by atoms with Crippen molar-refractivity contribution in [2.24, 2.45) is 0 Å². The number of rotatable bonds is 7. The Labute approximate surface area is 211 Å². The SMILES string of the molecule is CC(C)c1cccc(S(=O)(=O)n2c(Cc3ccc(C(=O)O)cc3)cc3cc(N4CCCC4)ccc32)c1. The summed E-state index contributed by atoms with van der Waals surface area (Å²) >= 11 is 0. The third-order valence-electron chi connectivity index (χ3n) is 6.93. The molecule has 1 N–H and O–H groups in total. The summed E-state index contributed by atoms with van der Waals surface area (Å²) in [6.07, 6.45) is 2.69. The van der Waals surface area contributed by atoms with Crippen LogP contribution in [0.15, 0.2) is 77.7 Å². The molecule has 5 rings (SSSR count). The molecule has 1 saturated heterocycles. The van der Waals surface area contributed by atoms with Crippen LogP contribution in [0.3, 0.4) is 0 Å². The third kappa shape index (κ3) is 4.51. The highest BCUT2D eigenvalue weighted by Gasteiger charge is 2.25. The first-order chi connectivity index (χ1) is 17.2. The molecule has 1 aliphatic rings. The van der Waals surface area contributed by atoms with E-state index in [9.17, 15) is 18.3 Å². The van der Waals surface area contributed by atoms with Gasteiger partial charge < -0.3 is 10.0 Å². The maximum Gasteiger partial charge on any atom is 0.335 e. The zero-order valence-electron chi connectivity index (χ0n) is 20.5. The number of aromatic carboxylic acids is 1. The number of carboxylic acid groups (broad SMARTS) is 1. The first-order valence-corrected chi connectivity index (χ1v) is 13.7. The van der Waals surface area contributed by atoms with E-state index in [0.29, 0.717) is 17.6 Å². The zero-order valence-corrected chi connectivity index (χ0v) is 21.3. The third-order valence-corrected chi connectivity index (χ3v) is 8.69. The summed E-state index contributed by atoms with van der Waals surface area (Å²) in [5, 5.41) is 10.1. The highest BCUT2D eigenvalue weighted by Crippen LogP contribution is 2.32. The Morgan fingerprint density at radius 1 is 0.944 bits per heavy atom. The summed E-state index contributed by atoms with van der Waals surface area (Å²) in [5.41, 5.74) is 4.40. The molecule has 0 saturated carbocycles. The number of fused-ring (bicyclic) bond motifs is 1. The van der Waals surface area contributed by atoms with Crippen molar-refractivity contribution >= 4 is 32.6 Å². The number of hydrogen-bond acceptors (Lipinski definition) is 4. The highest BCUT2D eigenvalue weighted by molar-refractivity contribution is 7.90. The van der Waals surface area contributed by atoms with Crippen molar-refractivity contribution in [3.63, 3.8) is 0 Å². The lowest BCUT2D eigenvalue weighted by molar-refractivity contribution is 0.0697. The molecule has 36 heavy (non-hydrogen) atoms. The van der Waals surface area contributed by atoms with Gasteiger partial charge in [-0.2, -0.15) is 0 Å². The fourth-order valence-electron chi connectivity index (χ4n) is 4.93. The van der Waals surface area contributed by atoms with Crippen LogP contribution in [0.4, 0.5) is 5.69 Å². The molecule has 186 valence electrons. The second-order valence-electron chi connectivity index (χ2n) is 9.75. The van der Waals surface area contributed by atoms with Crippen LogP contribution in [0.1, 0.15) is 59.8 Å². The van der Waals surface area contributed by atoms with Gasteiger partial charge in [-0.25, -0.2) is 17.2 Å². The molecule has 4 aromatic rings. The maximum absolute atomic E-state index is 14.1. The van der Waals surface area contributed by atoms with E-state index in [1.54, 1.807) is 42.5 Å². The Morgan fingerprint density at radius 2 is 1.67 bits per heavy atom. The molecule has 0 aliphatic carbocycles. The van der Waals surface area contributed by atoms with Gasteiger partial charge in [-0.05, 0) is 78.4 Å². The zero-order chi connectivity index (χ0) is 25.4. The Kier molecular flexibility index (Phi) is 6.35. The van der Waals surface area contributed by atoms with Crippen molar-refractivity contribution in [2.75, 3.05) is 18.0 Å². The highest BCUT2D eigenvalue weighted by atomic mass is 32.2. The smallest absolute Gasteiger partial charge is 0.335 e. The molecule has 2 heterocycles. The summed E-state index contributed by atoms with van der Waals surface area (Å²) in [4.78, 5) is 13.9. The molecule has 0 amide bonds. The molecule has 0 atom stereocenters. The Bertz CT molecular complexity index is 1530.